The van der Waals surface area contributed by atoms with Gasteiger partial charge in [0.05, 0.1) is 19.0 Å². The highest BCUT2D eigenvalue weighted by atomic mass is 16.2. The van der Waals surface area contributed by atoms with Crippen LogP contribution in [-0.2, 0) is 33.6 Å². The molecule has 0 bridgehead atoms. The van der Waals surface area contributed by atoms with Gasteiger partial charge in [-0.05, 0) is 39.2 Å². The summed E-state index contributed by atoms with van der Waals surface area (Å²) in [6.45, 7) is 5.27. The molecule has 2 rings (SSSR count). The lowest BCUT2D eigenvalue weighted by molar-refractivity contribution is -0.143. The van der Waals surface area contributed by atoms with E-state index >= 15 is 0 Å². The van der Waals surface area contributed by atoms with E-state index in [0.717, 1.165) is 0 Å². The second kappa shape index (κ2) is 13.9. The molecular weight excluding hydrogens is 512 g/mol. The molecule has 7 amide bonds. The van der Waals surface area contributed by atoms with Gasteiger partial charge in [-0.3, -0.25) is 38.5 Å². The third-order valence-corrected chi connectivity index (χ3v) is 6.68. The molecular formula is C24H40N8O7. The Bertz CT molecular complexity index is 988. The molecule has 15 nitrogen and oxygen atoms in total. The number of piperazine rings is 1. The summed E-state index contributed by atoms with van der Waals surface area (Å²) in [5.41, 5.74) is 10.3. The van der Waals surface area contributed by atoms with Crippen LogP contribution in [0.3, 0.4) is 0 Å². The van der Waals surface area contributed by atoms with Crippen LogP contribution in [0.1, 0.15) is 46.5 Å². The lowest BCUT2D eigenvalue weighted by atomic mass is 10.0. The summed E-state index contributed by atoms with van der Waals surface area (Å²) in [6, 6.07) is -4.49. The zero-order chi connectivity index (χ0) is 29.4. The first-order valence-corrected chi connectivity index (χ1v) is 13.0. The molecule has 0 spiro atoms. The zero-order valence-electron chi connectivity index (χ0n) is 22.8. The number of carbonyl (C=O) groups excluding carboxylic acids is 7. The number of nitrogens with zero attached hydrogens (tertiary/aromatic N) is 2. The molecule has 2 fully saturated rings. The first kappa shape index (κ1) is 31.5. The van der Waals surface area contributed by atoms with Crippen LogP contribution in [0.4, 0.5) is 0 Å². The molecule has 8 N–H and O–H groups in total. The molecule has 5 atom stereocenters. The molecule has 2 saturated heterocycles. The highest BCUT2D eigenvalue weighted by Crippen LogP contribution is 2.19. The van der Waals surface area contributed by atoms with Gasteiger partial charge in [0, 0.05) is 13.1 Å². The van der Waals surface area contributed by atoms with Crippen molar-refractivity contribution in [2.75, 3.05) is 26.7 Å². The van der Waals surface area contributed by atoms with Crippen molar-refractivity contribution in [1.82, 2.24) is 31.1 Å². The first-order chi connectivity index (χ1) is 18.2. The molecule has 0 radical (unpaired) electrons. The van der Waals surface area contributed by atoms with Crippen LogP contribution in [0.25, 0.3) is 0 Å². The van der Waals surface area contributed by atoms with E-state index in [0.29, 0.717) is 19.3 Å². The Kier molecular flexibility index (Phi) is 11.2. The molecule has 0 aromatic rings. The number of likely N-dealkylation sites (tertiary alicyclic amines) is 1. The minimum absolute atomic E-state index is 0.0524. The summed E-state index contributed by atoms with van der Waals surface area (Å²) in [7, 11) is 1.59. The second-order valence-corrected chi connectivity index (χ2v) is 10.5. The third-order valence-electron chi connectivity index (χ3n) is 6.68. The van der Waals surface area contributed by atoms with Gasteiger partial charge < -0.3 is 37.6 Å². The van der Waals surface area contributed by atoms with Gasteiger partial charge in [0.15, 0.2) is 0 Å². The van der Waals surface area contributed by atoms with Crippen molar-refractivity contribution in [3.8, 4) is 0 Å². The van der Waals surface area contributed by atoms with E-state index in [1.165, 1.54) is 11.8 Å². The number of hydrogen-bond donors (Lipinski definition) is 6. The Labute approximate surface area is 227 Å². The predicted molar refractivity (Wildman–Crippen MR) is 138 cm³/mol. The van der Waals surface area contributed by atoms with E-state index in [9.17, 15) is 33.6 Å². The first-order valence-electron chi connectivity index (χ1n) is 13.0. The van der Waals surface area contributed by atoms with E-state index in [2.05, 4.69) is 21.3 Å². The van der Waals surface area contributed by atoms with E-state index in [-0.39, 0.29) is 32.0 Å². The molecule has 2 unspecified atom stereocenters. The second-order valence-electron chi connectivity index (χ2n) is 10.5. The van der Waals surface area contributed by atoms with Gasteiger partial charge in [-0.2, -0.15) is 0 Å². The van der Waals surface area contributed by atoms with E-state index < -0.39 is 71.6 Å². The molecule has 0 aromatic heterocycles. The quantitative estimate of drug-likeness (QED) is 0.141. The third kappa shape index (κ3) is 8.90. The fourth-order valence-corrected chi connectivity index (χ4v) is 4.71. The standard InChI is InChI=1S/C24H40N8O7/c1-12(2)8-14(20(35)27-10-19(26)34)29-22(37)16-6-5-7-32(16)24(39)13(3)28-21(36)15-11-31(4)17(9-18(25)33)23(38)30-15/h12-17H,5-11H2,1-4H3,(H2,25,33)(H2,26,34)(H,27,35)(H,28,36)(H,29,37)(H,30,38)/t13?,14?,15-,16+,17+/m1/s1. The van der Waals surface area contributed by atoms with Gasteiger partial charge in [0.1, 0.15) is 24.2 Å². The fraction of sp³-hybridized carbons (Fsp3) is 0.708. The molecule has 0 aliphatic carbocycles. The van der Waals surface area contributed by atoms with Crippen molar-refractivity contribution in [3.63, 3.8) is 0 Å². The Morgan fingerprint density at radius 2 is 1.69 bits per heavy atom. The van der Waals surface area contributed by atoms with Gasteiger partial charge >= 0.3 is 0 Å². The number of primary amides is 2. The summed E-state index contributed by atoms with van der Waals surface area (Å²) < 4.78 is 0. The lowest BCUT2D eigenvalue weighted by Gasteiger charge is -2.36. The lowest BCUT2D eigenvalue weighted by Crippen LogP contribution is -2.64. The Morgan fingerprint density at radius 1 is 1.03 bits per heavy atom. The van der Waals surface area contributed by atoms with Gasteiger partial charge in [-0.25, -0.2) is 0 Å². The Morgan fingerprint density at radius 3 is 2.26 bits per heavy atom. The van der Waals surface area contributed by atoms with Crippen molar-refractivity contribution in [2.24, 2.45) is 17.4 Å². The van der Waals surface area contributed by atoms with Gasteiger partial charge in [0.2, 0.25) is 41.4 Å². The maximum atomic E-state index is 13.2. The molecule has 0 saturated carbocycles. The normalized spacial score (nSPS) is 22.9. The fourth-order valence-electron chi connectivity index (χ4n) is 4.71. The average molecular weight is 553 g/mol. The largest absolute Gasteiger partial charge is 0.370 e. The van der Waals surface area contributed by atoms with Gasteiger partial charge in [-0.1, -0.05) is 13.8 Å². The minimum Gasteiger partial charge on any atom is -0.370 e. The van der Waals surface area contributed by atoms with Crippen molar-refractivity contribution < 1.29 is 33.6 Å². The molecule has 2 heterocycles. The zero-order valence-corrected chi connectivity index (χ0v) is 22.8. The molecule has 15 heteroatoms. The number of likely N-dealkylation sites (N-methyl/N-ethyl adjacent to an activating group) is 1. The van der Waals surface area contributed by atoms with Crippen LogP contribution in [0.5, 0.6) is 0 Å². The number of hydrogen-bond acceptors (Lipinski definition) is 8. The van der Waals surface area contributed by atoms with Crippen LogP contribution in [0, 0.1) is 5.92 Å². The SMILES string of the molecule is CC(C)CC(NC(=O)[C@@H]1CCCN1C(=O)C(C)NC(=O)[C@H]1CN(C)[C@@H](CC(N)=O)C(=O)N1)C(=O)NCC(N)=O. The molecule has 218 valence electrons. The van der Waals surface area contributed by atoms with Crippen LogP contribution in [0.15, 0.2) is 0 Å². The maximum Gasteiger partial charge on any atom is 0.245 e. The summed E-state index contributed by atoms with van der Waals surface area (Å²) in [4.78, 5) is 89.2. The number of nitrogens with two attached hydrogens (primary N) is 2. The van der Waals surface area contributed by atoms with Crippen LogP contribution in [-0.4, -0.2) is 108 Å². The van der Waals surface area contributed by atoms with Crippen molar-refractivity contribution in [3.05, 3.63) is 0 Å². The van der Waals surface area contributed by atoms with Gasteiger partial charge in [-0.15, -0.1) is 0 Å². The maximum absolute atomic E-state index is 13.2. The van der Waals surface area contributed by atoms with Crippen molar-refractivity contribution >= 4 is 41.4 Å². The number of carbonyl (C=O) groups is 7. The van der Waals surface area contributed by atoms with E-state index in [1.807, 2.05) is 13.8 Å². The predicted octanol–water partition coefficient (Wildman–Crippen LogP) is -3.71. The summed E-state index contributed by atoms with van der Waals surface area (Å²) >= 11 is 0. The average Bonchev–Trinajstić information content (AvgIpc) is 3.33. The topological polar surface area (TPSA) is 226 Å². The molecule has 0 aromatic carbocycles. The molecule has 2 aliphatic heterocycles. The minimum atomic E-state index is -0.998. The molecule has 39 heavy (non-hydrogen) atoms. The van der Waals surface area contributed by atoms with Gasteiger partial charge in [0.25, 0.3) is 0 Å². The number of amides is 7. The van der Waals surface area contributed by atoms with E-state index in [1.54, 1.807) is 11.9 Å². The smallest absolute Gasteiger partial charge is 0.245 e. The monoisotopic (exact) mass is 552 g/mol. The van der Waals surface area contributed by atoms with E-state index in [4.69, 9.17) is 11.5 Å². The highest BCUT2D eigenvalue weighted by Gasteiger charge is 2.40. The number of nitrogens with one attached hydrogen (secondary N) is 4. The number of rotatable bonds is 12. The molecule has 2 aliphatic rings. The van der Waals surface area contributed by atoms with Crippen molar-refractivity contribution in [2.45, 2.75) is 76.7 Å². The van der Waals surface area contributed by atoms with Crippen molar-refractivity contribution in [1.29, 1.82) is 0 Å². The highest BCUT2D eigenvalue weighted by molar-refractivity contribution is 5.97. The summed E-state index contributed by atoms with van der Waals surface area (Å²) in [6.07, 6.45) is 1.05. The van der Waals surface area contributed by atoms with Crippen LogP contribution in [0.2, 0.25) is 0 Å². The van der Waals surface area contributed by atoms with Crippen LogP contribution < -0.4 is 32.7 Å². The summed E-state index contributed by atoms with van der Waals surface area (Å²) in [5.74, 6) is -3.96. The Hall–Kier alpha value is -3.75. The van der Waals surface area contributed by atoms with Crippen LogP contribution >= 0.6 is 0 Å². The Balaban J connectivity index is 2.00. The summed E-state index contributed by atoms with van der Waals surface area (Å²) in [5, 5.41) is 10.2.